The number of carbonyl (C=O) groups excluding carboxylic acids is 3. The van der Waals surface area contributed by atoms with E-state index in [9.17, 15) is 14.4 Å². The maximum absolute atomic E-state index is 12.5. The molecule has 7 heteroatoms. The summed E-state index contributed by atoms with van der Waals surface area (Å²) in [6.07, 6.45) is 2.13. The van der Waals surface area contributed by atoms with Crippen LogP contribution in [0.1, 0.15) is 25.3 Å². The van der Waals surface area contributed by atoms with Gasteiger partial charge in [-0.25, -0.2) is 4.79 Å². The number of nitrogens with zero attached hydrogens (tertiary/aromatic N) is 2. The largest absolute Gasteiger partial charge is 0.325 e. The summed E-state index contributed by atoms with van der Waals surface area (Å²) in [5, 5.41) is 14.0. The van der Waals surface area contributed by atoms with Gasteiger partial charge in [0.25, 0.3) is 5.91 Å². The lowest BCUT2D eigenvalue weighted by atomic mass is 9.96. The quantitative estimate of drug-likeness (QED) is 0.799. The average Bonchev–Trinajstić information content (AvgIpc) is 3.36. The molecule has 1 atom stereocenters. The van der Waals surface area contributed by atoms with E-state index in [0.717, 1.165) is 23.3 Å². The van der Waals surface area contributed by atoms with Crippen LogP contribution in [0.25, 0.3) is 0 Å². The highest BCUT2D eigenvalue weighted by molar-refractivity contribution is 6.10. The minimum Gasteiger partial charge on any atom is -0.325 e. The number of carbonyl (C=O) groups is 3. The standard InChI is InChI=1S/C17H18N4O3/c1-17(12-4-5-12)15(23)21(16(24)20-17)10-14(22)19-13-6-2-11(3-7-13)8-9-18/h2-3,6-7,12H,4-5,8,10H2,1H3,(H,19,22)(H,20,24)/t17-/m0/s1. The molecule has 1 heterocycles. The molecular weight excluding hydrogens is 308 g/mol. The summed E-state index contributed by atoms with van der Waals surface area (Å²) in [5.74, 6) is -0.615. The Morgan fingerprint density at radius 2 is 2.04 bits per heavy atom. The van der Waals surface area contributed by atoms with Crippen LogP contribution in [0.2, 0.25) is 0 Å². The number of benzene rings is 1. The van der Waals surface area contributed by atoms with Gasteiger partial charge >= 0.3 is 6.03 Å². The van der Waals surface area contributed by atoms with E-state index in [2.05, 4.69) is 10.6 Å². The maximum Gasteiger partial charge on any atom is 0.325 e. The van der Waals surface area contributed by atoms with Gasteiger partial charge in [-0.15, -0.1) is 0 Å². The molecule has 2 fully saturated rings. The van der Waals surface area contributed by atoms with Crippen molar-refractivity contribution in [2.45, 2.75) is 31.7 Å². The summed E-state index contributed by atoms with van der Waals surface area (Å²) in [6.45, 7) is 1.41. The first-order chi connectivity index (χ1) is 11.4. The molecule has 2 N–H and O–H groups in total. The molecule has 0 unspecified atom stereocenters. The van der Waals surface area contributed by atoms with Crippen LogP contribution in [0.3, 0.4) is 0 Å². The molecule has 7 nitrogen and oxygen atoms in total. The monoisotopic (exact) mass is 326 g/mol. The van der Waals surface area contributed by atoms with Crippen molar-refractivity contribution >= 4 is 23.5 Å². The molecule has 2 aliphatic rings. The molecule has 0 radical (unpaired) electrons. The third-order valence-electron chi connectivity index (χ3n) is 4.52. The molecule has 1 aromatic rings. The summed E-state index contributed by atoms with van der Waals surface area (Å²) in [5.41, 5.74) is 0.527. The number of amides is 4. The van der Waals surface area contributed by atoms with E-state index in [1.807, 2.05) is 6.07 Å². The SMILES string of the molecule is C[C@@]1(C2CC2)NC(=O)N(CC(=O)Nc2ccc(CC#N)cc2)C1=O. The van der Waals surface area contributed by atoms with E-state index in [1.54, 1.807) is 31.2 Å². The Labute approximate surface area is 139 Å². The second kappa shape index (κ2) is 5.96. The zero-order chi connectivity index (χ0) is 17.3. The second-order valence-corrected chi connectivity index (χ2v) is 6.38. The number of anilines is 1. The fourth-order valence-electron chi connectivity index (χ4n) is 2.94. The fraction of sp³-hybridized carbons (Fsp3) is 0.412. The number of urea groups is 1. The number of hydrogen-bond acceptors (Lipinski definition) is 4. The van der Waals surface area contributed by atoms with E-state index in [-0.39, 0.29) is 18.4 Å². The zero-order valence-corrected chi connectivity index (χ0v) is 13.3. The summed E-state index contributed by atoms with van der Waals surface area (Å²) in [4.78, 5) is 37.6. The van der Waals surface area contributed by atoms with Crippen molar-refractivity contribution in [3.05, 3.63) is 29.8 Å². The molecule has 1 aliphatic heterocycles. The summed E-state index contributed by atoms with van der Waals surface area (Å²) in [7, 11) is 0. The minimum absolute atomic E-state index is 0.162. The Morgan fingerprint density at radius 3 is 2.62 bits per heavy atom. The highest BCUT2D eigenvalue weighted by atomic mass is 16.2. The van der Waals surface area contributed by atoms with E-state index in [0.29, 0.717) is 12.1 Å². The number of hydrogen-bond donors (Lipinski definition) is 2. The molecule has 1 aromatic carbocycles. The van der Waals surface area contributed by atoms with Gasteiger partial charge in [0, 0.05) is 5.69 Å². The van der Waals surface area contributed by atoms with Gasteiger partial charge in [-0.2, -0.15) is 5.26 Å². The second-order valence-electron chi connectivity index (χ2n) is 6.38. The average molecular weight is 326 g/mol. The van der Waals surface area contributed by atoms with Gasteiger partial charge in [0.1, 0.15) is 12.1 Å². The van der Waals surface area contributed by atoms with Gasteiger partial charge in [0.05, 0.1) is 12.5 Å². The Kier molecular flexibility index (Phi) is 3.97. The Bertz CT molecular complexity index is 733. The molecule has 24 heavy (non-hydrogen) atoms. The summed E-state index contributed by atoms with van der Waals surface area (Å²) >= 11 is 0. The van der Waals surface area contributed by atoms with Crippen LogP contribution in [0.4, 0.5) is 10.5 Å². The third-order valence-corrected chi connectivity index (χ3v) is 4.52. The Morgan fingerprint density at radius 1 is 1.38 bits per heavy atom. The summed E-state index contributed by atoms with van der Waals surface area (Å²) < 4.78 is 0. The van der Waals surface area contributed by atoms with Crippen LogP contribution < -0.4 is 10.6 Å². The van der Waals surface area contributed by atoms with Gasteiger partial charge in [-0.3, -0.25) is 14.5 Å². The zero-order valence-electron chi connectivity index (χ0n) is 13.3. The van der Waals surface area contributed by atoms with E-state index in [1.165, 1.54) is 0 Å². The predicted octanol–water partition coefficient (Wildman–Crippen LogP) is 1.41. The fourth-order valence-corrected chi connectivity index (χ4v) is 2.94. The first kappa shape index (κ1) is 16.0. The Balaban J connectivity index is 1.61. The number of nitrogens with one attached hydrogen (secondary N) is 2. The summed E-state index contributed by atoms with van der Waals surface area (Å²) in [6, 6.07) is 8.39. The van der Waals surface area contributed by atoms with Crippen LogP contribution in [0.15, 0.2) is 24.3 Å². The van der Waals surface area contributed by atoms with Gasteiger partial charge < -0.3 is 10.6 Å². The molecule has 0 aromatic heterocycles. The van der Waals surface area contributed by atoms with E-state index < -0.39 is 17.5 Å². The van der Waals surface area contributed by atoms with Crippen molar-refractivity contribution in [1.82, 2.24) is 10.2 Å². The molecule has 124 valence electrons. The van der Waals surface area contributed by atoms with Crippen LogP contribution in [-0.4, -0.2) is 34.8 Å². The first-order valence-electron chi connectivity index (χ1n) is 7.84. The minimum atomic E-state index is -0.879. The number of imide groups is 1. The molecule has 1 saturated carbocycles. The van der Waals surface area contributed by atoms with Crippen LogP contribution >= 0.6 is 0 Å². The van der Waals surface area contributed by atoms with Crippen molar-refractivity contribution in [2.75, 3.05) is 11.9 Å². The molecule has 1 saturated heterocycles. The highest BCUT2D eigenvalue weighted by Gasteiger charge is 2.56. The molecular formula is C17H18N4O3. The third kappa shape index (κ3) is 2.95. The highest BCUT2D eigenvalue weighted by Crippen LogP contribution is 2.42. The van der Waals surface area contributed by atoms with Crippen molar-refractivity contribution < 1.29 is 14.4 Å². The smallest absolute Gasteiger partial charge is 0.325 e. The number of rotatable bonds is 5. The van der Waals surface area contributed by atoms with Gasteiger partial charge in [-0.1, -0.05) is 12.1 Å². The lowest BCUT2D eigenvalue weighted by molar-refractivity contribution is -0.134. The molecule has 0 spiro atoms. The molecule has 1 aliphatic carbocycles. The van der Waals surface area contributed by atoms with Gasteiger partial charge in [0.2, 0.25) is 5.91 Å². The van der Waals surface area contributed by atoms with Crippen molar-refractivity contribution in [1.29, 1.82) is 5.26 Å². The van der Waals surface area contributed by atoms with Crippen LogP contribution in [-0.2, 0) is 16.0 Å². The first-order valence-corrected chi connectivity index (χ1v) is 7.84. The van der Waals surface area contributed by atoms with Gasteiger partial charge in [0.15, 0.2) is 0 Å². The molecule has 4 amide bonds. The normalized spacial score (nSPS) is 22.9. The predicted molar refractivity (Wildman–Crippen MR) is 85.8 cm³/mol. The van der Waals surface area contributed by atoms with Crippen molar-refractivity contribution in [3.8, 4) is 6.07 Å². The number of nitriles is 1. The topological polar surface area (TPSA) is 102 Å². The molecule has 3 rings (SSSR count). The lowest BCUT2D eigenvalue weighted by Crippen LogP contribution is -2.46. The van der Waals surface area contributed by atoms with E-state index in [4.69, 9.17) is 5.26 Å². The van der Waals surface area contributed by atoms with Gasteiger partial charge in [-0.05, 0) is 43.4 Å². The van der Waals surface area contributed by atoms with Crippen molar-refractivity contribution in [3.63, 3.8) is 0 Å². The molecule has 0 bridgehead atoms. The maximum atomic E-state index is 12.5. The Hall–Kier alpha value is -2.88. The van der Waals surface area contributed by atoms with E-state index >= 15 is 0 Å². The van der Waals surface area contributed by atoms with Crippen LogP contribution in [0, 0.1) is 17.2 Å². The lowest BCUT2D eigenvalue weighted by Gasteiger charge is -2.20. The van der Waals surface area contributed by atoms with Crippen LogP contribution in [0.5, 0.6) is 0 Å². The van der Waals surface area contributed by atoms with Crippen molar-refractivity contribution in [2.24, 2.45) is 5.92 Å².